The molecule has 0 heterocycles. The van der Waals surface area contributed by atoms with Gasteiger partial charge >= 0.3 is 0 Å². The Kier molecular flexibility index (Phi) is 4.00. The Labute approximate surface area is 123 Å². The molecule has 2 unspecified atom stereocenters. The molecule has 20 heavy (non-hydrogen) atoms. The van der Waals surface area contributed by atoms with Crippen LogP contribution in [0.15, 0.2) is 29.2 Å². The lowest BCUT2D eigenvalue weighted by Gasteiger charge is -2.36. The number of hydrogen-bond acceptors (Lipinski definition) is 3. The number of hydrogen-bond donors (Lipinski definition) is 1. The molecule has 2 aliphatic carbocycles. The maximum atomic E-state index is 13.2. The van der Waals surface area contributed by atoms with Crippen molar-refractivity contribution in [2.45, 2.75) is 60.3 Å². The van der Waals surface area contributed by atoms with Crippen LogP contribution >= 0.6 is 11.8 Å². The second-order valence-corrected chi connectivity index (χ2v) is 7.28. The van der Waals surface area contributed by atoms with Crippen LogP contribution in [0.25, 0.3) is 0 Å². The van der Waals surface area contributed by atoms with Crippen LogP contribution in [0.5, 0.6) is 0 Å². The van der Waals surface area contributed by atoms with Crippen LogP contribution in [-0.2, 0) is 0 Å². The molecule has 4 heteroatoms. The second-order valence-electron chi connectivity index (χ2n) is 5.91. The van der Waals surface area contributed by atoms with Crippen molar-refractivity contribution in [3.05, 3.63) is 30.1 Å². The van der Waals surface area contributed by atoms with E-state index in [9.17, 15) is 9.65 Å². The summed E-state index contributed by atoms with van der Waals surface area (Å²) in [7, 11) is 0. The quantitative estimate of drug-likeness (QED) is 0.914. The summed E-state index contributed by atoms with van der Waals surface area (Å²) in [5.74, 6) is -0.187. The molecule has 0 spiro atoms. The van der Waals surface area contributed by atoms with E-state index in [1.807, 2.05) is 6.07 Å². The van der Waals surface area contributed by atoms with Crippen LogP contribution in [0.3, 0.4) is 0 Å². The molecule has 0 radical (unpaired) electrons. The first-order valence-corrected chi connectivity index (χ1v) is 8.18. The Hall–Kier alpha value is -1.05. The summed E-state index contributed by atoms with van der Waals surface area (Å²) < 4.78 is 13.2. The van der Waals surface area contributed by atoms with Crippen molar-refractivity contribution in [1.82, 2.24) is 5.32 Å². The predicted octanol–water partition coefficient (Wildman–Crippen LogP) is 3.87. The van der Waals surface area contributed by atoms with Gasteiger partial charge < -0.3 is 0 Å². The van der Waals surface area contributed by atoms with Crippen LogP contribution in [0.2, 0.25) is 0 Å². The van der Waals surface area contributed by atoms with E-state index in [0.717, 1.165) is 30.6 Å². The summed E-state index contributed by atoms with van der Waals surface area (Å²) >= 11 is 1.71. The number of rotatable bonds is 4. The standard InChI is InChI=1S/C16H19FN2S/c17-12-3-1-4-14(9-12)20-15-5-2-8-16(10-15,11-18)19-13-6-7-13/h1,3-4,9,13,15,19H,2,5-8,10H2. The van der Waals surface area contributed by atoms with Gasteiger partial charge in [0.15, 0.2) is 0 Å². The molecule has 1 N–H and O–H groups in total. The minimum absolute atomic E-state index is 0.187. The highest BCUT2D eigenvalue weighted by atomic mass is 32.2. The van der Waals surface area contributed by atoms with Crippen molar-refractivity contribution >= 4 is 11.8 Å². The summed E-state index contributed by atoms with van der Waals surface area (Å²) in [6.07, 6.45) is 6.38. The van der Waals surface area contributed by atoms with Crippen LogP contribution in [0.1, 0.15) is 38.5 Å². The van der Waals surface area contributed by atoms with Gasteiger partial charge in [-0.2, -0.15) is 5.26 Å². The fraction of sp³-hybridized carbons (Fsp3) is 0.562. The van der Waals surface area contributed by atoms with Gasteiger partial charge in [-0.05, 0) is 56.7 Å². The molecule has 2 atom stereocenters. The molecule has 2 saturated carbocycles. The molecule has 106 valence electrons. The lowest BCUT2D eigenvalue weighted by atomic mass is 9.82. The third-order valence-corrected chi connectivity index (χ3v) is 5.34. The van der Waals surface area contributed by atoms with Crippen molar-refractivity contribution in [2.75, 3.05) is 0 Å². The first kappa shape index (κ1) is 13.9. The molecule has 1 aromatic carbocycles. The van der Waals surface area contributed by atoms with Crippen LogP contribution in [-0.4, -0.2) is 16.8 Å². The first-order valence-electron chi connectivity index (χ1n) is 7.30. The minimum atomic E-state index is -0.357. The zero-order chi connectivity index (χ0) is 14.0. The molecular weight excluding hydrogens is 271 g/mol. The van der Waals surface area contributed by atoms with Gasteiger partial charge in [0.2, 0.25) is 0 Å². The van der Waals surface area contributed by atoms with E-state index in [-0.39, 0.29) is 11.4 Å². The van der Waals surface area contributed by atoms with Gasteiger partial charge in [-0.15, -0.1) is 11.8 Å². The predicted molar refractivity (Wildman–Crippen MR) is 79.0 cm³/mol. The normalized spacial score (nSPS) is 29.9. The molecule has 0 bridgehead atoms. The number of nitrogens with zero attached hydrogens (tertiary/aromatic N) is 1. The molecule has 2 aliphatic rings. The highest BCUT2D eigenvalue weighted by Crippen LogP contribution is 2.39. The van der Waals surface area contributed by atoms with Crippen molar-refractivity contribution < 1.29 is 4.39 Å². The number of thioether (sulfide) groups is 1. The third kappa shape index (κ3) is 3.34. The number of nitrogens with one attached hydrogen (secondary N) is 1. The molecule has 0 amide bonds. The molecule has 0 aromatic heterocycles. The van der Waals surface area contributed by atoms with E-state index in [4.69, 9.17) is 0 Å². The van der Waals surface area contributed by atoms with E-state index in [1.165, 1.54) is 18.9 Å². The van der Waals surface area contributed by atoms with Gasteiger partial charge in [0.05, 0.1) is 6.07 Å². The third-order valence-electron chi connectivity index (χ3n) is 4.08. The summed E-state index contributed by atoms with van der Waals surface area (Å²) in [6, 6.07) is 9.82. The van der Waals surface area contributed by atoms with E-state index >= 15 is 0 Å². The Balaban J connectivity index is 1.66. The average Bonchev–Trinajstić information content (AvgIpc) is 3.23. The highest BCUT2D eigenvalue weighted by Gasteiger charge is 2.40. The van der Waals surface area contributed by atoms with Crippen molar-refractivity contribution in [3.8, 4) is 6.07 Å². The van der Waals surface area contributed by atoms with E-state index < -0.39 is 0 Å². The fourth-order valence-electron chi connectivity index (χ4n) is 2.94. The minimum Gasteiger partial charge on any atom is -0.297 e. The maximum Gasteiger partial charge on any atom is 0.124 e. The maximum absolute atomic E-state index is 13.2. The van der Waals surface area contributed by atoms with Crippen LogP contribution < -0.4 is 5.32 Å². The van der Waals surface area contributed by atoms with Gasteiger partial charge in [-0.3, -0.25) is 5.32 Å². The molecule has 2 nitrogen and oxygen atoms in total. The van der Waals surface area contributed by atoms with Crippen LogP contribution in [0.4, 0.5) is 4.39 Å². The molecule has 0 aliphatic heterocycles. The zero-order valence-corrected chi connectivity index (χ0v) is 12.3. The van der Waals surface area contributed by atoms with Gasteiger partial charge in [-0.1, -0.05) is 6.07 Å². The van der Waals surface area contributed by atoms with Crippen molar-refractivity contribution in [2.24, 2.45) is 0 Å². The summed E-state index contributed by atoms with van der Waals surface area (Å²) in [5, 5.41) is 13.5. The fourth-order valence-corrected chi connectivity index (χ4v) is 4.32. The van der Waals surface area contributed by atoms with Gasteiger partial charge in [0, 0.05) is 16.2 Å². The molecule has 2 fully saturated rings. The SMILES string of the molecule is N#CC1(NC2CC2)CCCC(Sc2cccc(F)c2)C1. The summed E-state index contributed by atoms with van der Waals surface area (Å²) in [6.45, 7) is 0. The van der Waals surface area contributed by atoms with E-state index in [2.05, 4.69) is 11.4 Å². The van der Waals surface area contributed by atoms with Gasteiger partial charge in [0.1, 0.15) is 11.4 Å². The average molecular weight is 290 g/mol. The van der Waals surface area contributed by atoms with Gasteiger partial charge in [0.25, 0.3) is 0 Å². The Morgan fingerprint density at radius 3 is 2.90 bits per heavy atom. The van der Waals surface area contributed by atoms with E-state index in [0.29, 0.717) is 11.3 Å². The number of benzene rings is 1. The lowest BCUT2D eigenvalue weighted by molar-refractivity contribution is 0.301. The monoisotopic (exact) mass is 290 g/mol. The number of halogens is 1. The Morgan fingerprint density at radius 1 is 1.35 bits per heavy atom. The van der Waals surface area contributed by atoms with E-state index in [1.54, 1.807) is 23.9 Å². The Bertz CT molecular complexity index is 523. The Morgan fingerprint density at radius 2 is 2.20 bits per heavy atom. The smallest absolute Gasteiger partial charge is 0.124 e. The zero-order valence-electron chi connectivity index (χ0n) is 11.4. The molecule has 0 saturated heterocycles. The first-order chi connectivity index (χ1) is 9.69. The summed E-state index contributed by atoms with van der Waals surface area (Å²) in [4.78, 5) is 0.968. The highest BCUT2D eigenvalue weighted by molar-refractivity contribution is 8.00. The molecule has 3 rings (SSSR count). The van der Waals surface area contributed by atoms with Crippen molar-refractivity contribution in [1.29, 1.82) is 5.26 Å². The lowest BCUT2D eigenvalue weighted by Crippen LogP contribution is -2.49. The topological polar surface area (TPSA) is 35.8 Å². The van der Waals surface area contributed by atoms with Gasteiger partial charge in [-0.25, -0.2) is 4.39 Å². The molecular formula is C16H19FN2S. The van der Waals surface area contributed by atoms with Crippen LogP contribution in [0, 0.1) is 17.1 Å². The number of nitriles is 1. The summed E-state index contributed by atoms with van der Waals surface area (Å²) in [5.41, 5.74) is -0.357. The van der Waals surface area contributed by atoms with Crippen molar-refractivity contribution in [3.63, 3.8) is 0 Å². The molecule has 1 aromatic rings. The second kappa shape index (κ2) is 5.75. The largest absolute Gasteiger partial charge is 0.297 e.